The van der Waals surface area contributed by atoms with Crippen molar-refractivity contribution in [1.82, 2.24) is 14.3 Å². The van der Waals surface area contributed by atoms with Gasteiger partial charge in [-0.25, -0.2) is 4.31 Å². The predicted molar refractivity (Wildman–Crippen MR) is 143 cm³/mol. The molecule has 1 aromatic carbocycles. The average Bonchev–Trinajstić information content (AvgIpc) is 3.33. The van der Waals surface area contributed by atoms with Gasteiger partial charge in [0.25, 0.3) is 0 Å². The molecule has 1 aromatic heterocycles. The molecule has 0 radical (unpaired) electrons. The molecule has 3 heterocycles. The van der Waals surface area contributed by atoms with Crippen LogP contribution >= 0.6 is 11.9 Å². The minimum Gasteiger partial charge on any atom is -0.473 e. The standard InChI is InChI=1S/C24H34N6OS.C2H6/c1-16-10-12-30(13-11-16)32-19-8-9-20(17(2)14-19)27-24-28-22-21(25-15-26-22)23(29-24)31-18-6-4-3-5-7-18;1-2/h8-9,14,16,18,25H,3-7,10-13,15H2,1-2H3,(H2,26,27,28,29);1-2H3. The van der Waals surface area contributed by atoms with Gasteiger partial charge in [0.05, 0.1) is 6.67 Å². The monoisotopic (exact) mass is 484 g/mol. The maximum absolute atomic E-state index is 6.32. The van der Waals surface area contributed by atoms with Crippen LogP contribution in [0.4, 0.5) is 23.1 Å². The van der Waals surface area contributed by atoms with Crippen molar-refractivity contribution in [2.75, 3.05) is 35.7 Å². The fourth-order valence-electron chi connectivity index (χ4n) is 4.60. The van der Waals surface area contributed by atoms with E-state index in [2.05, 4.69) is 57.3 Å². The van der Waals surface area contributed by atoms with E-state index in [1.165, 1.54) is 55.7 Å². The maximum atomic E-state index is 6.32. The second kappa shape index (κ2) is 12.0. The topological polar surface area (TPSA) is 74.3 Å². The summed E-state index contributed by atoms with van der Waals surface area (Å²) in [5.74, 6) is 2.87. The second-order valence-corrected chi connectivity index (χ2v) is 10.5. The first-order valence-electron chi connectivity index (χ1n) is 13.0. The highest BCUT2D eigenvalue weighted by Gasteiger charge is 2.24. The number of nitrogens with zero attached hydrogens (tertiary/aromatic N) is 3. The molecule has 5 rings (SSSR count). The minimum absolute atomic E-state index is 0.244. The number of nitrogens with one attached hydrogen (secondary N) is 3. The van der Waals surface area contributed by atoms with E-state index in [9.17, 15) is 0 Å². The molecule has 0 bridgehead atoms. The Morgan fingerprint density at radius 3 is 2.53 bits per heavy atom. The van der Waals surface area contributed by atoms with E-state index in [-0.39, 0.29) is 6.10 Å². The number of fused-ring (bicyclic) bond motifs is 1. The number of benzene rings is 1. The fraction of sp³-hybridized carbons (Fsp3) is 0.615. The molecule has 0 amide bonds. The zero-order valence-corrected chi connectivity index (χ0v) is 21.9. The molecule has 7 nitrogen and oxygen atoms in total. The first-order valence-corrected chi connectivity index (χ1v) is 13.8. The van der Waals surface area contributed by atoms with Gasteiger partial charge in [-0.1, -0.05) is 27.2 Å². The first kappa shape index (κ1) is 24.9. The molecule has 2 fully saturated rings. The first-order chi connectivity index (χ1) is 16.6. The van der Waals surface area contributed by atoms with E-state index in [0.717, 1.165) is 36.0 Å². The number of aromatic nitrogens is 2. The van der Waals surface area contributed by atoms with Crippen molar-refractivity contribution in [2.45, 2.75) is 83.6 Å². The molecular weight excluding hydrogens is 444 g/mol. The largest absolute Gasteiger partial charge is 0.473 e. The van der Waals surface area contributed by atoms with Crippen LogP contribution in [0.1, 0.15) is 71.3 Å². The van der Waals surface area contributed by atoms with Crippen LogP contribution in [0.2, 0.25) is 0 Å². The van der Waals surface area contributed by atoms with E-state index in [1.54, 1.807) is 0 Å². The van der Waals surface area contributed by atoms with Crippen molar-refractivity contribution < 1.29 is 4.74 Å². The predicted octanol–water partition coefficient (Wildman–Crippen LogP) is 6.80. The van der Waals surface area contributed by atoms with Crippen molar-refractivity contribution in [2.24, 2.45) is 5.92 Å². The van der Waals surface area contributed by atoms with Crippen molar-refractivity contribution in [3.05, 3.63) is 23.8 Å². The average molecular weight is 485 g/mol. The molecule has 3 aliphatic rings. The number of anilines is 4. The summed E-state index contributed by atoms with van der Waals surface area (Å²) >= 11 is 1.87. The summed E-state index contributed by atoms with van der Waals surface area (Å²) in [4.78, 5) is 10.7. The van der Waals surface area contributed by atoms with Gasteiger partial charge in [-0.05, 0) is 87.1 Å². The fourth-order valence-corrected chi connectivity index (χ4v) is 5.65. The Bertz CT molecular complexity index is 941. The Morgan fingerprint density at radius 1 is 1.03 bits per heavy atom. The Kier molecular flexibility index (Phi) is 8.78. The smallest absolute Gasteiger partial charge is 0.244 e. The highest BCUT2D eigenvalue weighted by atomic mass is 32.2. The summed E-state index contributed by atoms with van der Waals surface area (Å²) in [6.45, 7) is 11.5. The third kappa shape index (κ3) is 6.27. The summed E-state index contributed by atoms with van der Waals surface area (Å²) in [5, 5.41) is 10.0. The van der Waals surface area contributed by atoms with Gasteiger partial charge < -0.3 is 20.7 Å². The van der Waals surface area contributed by atoms with Crippen molar-refractivity contribution >= 4 is 35.1 Å². The highest BCUT2D eigenvalue weighted by molar-refractivity contribution is 7.97. The second-order valence-electron chi connectivity index (χ2n) is 9.29. The molecule has 1 saturated carbocycles. The summed E-state index contributed by atoms with van der Waals surface area (Å²) < 4.78 is 8.80. The van der Waals surface area contributed by atoms with Crippen LogP contribution in [-0.4, -0.2) is 40.1 Å². The van der Waals surface area contributed by atoms with Gasteiger partial charge in [0, 0.05) is 23.7 Å². The number of ether oxygens (including phenoxy) is 1. The molecule has 1 saturated heterocycles. The lowest BCUT2D eigenvalue weighted by Crippen LogP contribution is -2.27. The molecule has 0 unspecified atom stereocenters. The van der Waals surface area contributed by atoms with Gasteiger partial charge in [0.15, 0.2) is 5.82 Å². The van der Waals surface area contributed by atoms with Crippen LogP contribution in [0.25, 0.3) is 0 Å². The van der Waals surface area contributed by atoms with Crippen LogP contribution in [-0.2, 0) is 0 Å². The van der Waals surface area contributed by atoms with Gasteiger partial charge in [-0.3, -0.25) is 0 Å². The number of rotatable bonds is 6. The van der Waals surface area contributed by atoms with E-state index >= 15 is 0 Å². The number of hydrogen-bond acceptors (Lipinski definition) is 8. The molecule has 8 heteroatoms. The highest BCUT2D eigenvalue weighted by Crippen LogP contribution is 2.37. The molecule has 3 N–H and O–H groups in total. The molecule has 0 spiro atoms. The summed E-state index contributed by atoms with van der Waals surface area (Å²) in [7, 11) is 0. The molecule has 2 aromatic rings. The molecule has 34 heavy (non-hydrogen) atoms. The zero-order valence-electron chi connectivity index (χ0n) is 21.1. The van der Waals surface area contributed by atoms with Crippen LogP contribution in [0, 0.1) is 12.8 Å². The lowest BCUT2D eigenvalue weighted by Gasteiger charge is -2.29. The van der Waals surface area contributed by atoms with Crippen LogP contribution < -0.4 is 20.7 Å². The Morgan fingerprint density at radius 2 is 1.79 bits per heavy atom. The van der Waals surface area contributed by atoms with Gasteiger partial charge in [0.1, 0.15) is 11.8 Å². The van der Waals surface area contributed by atoms with Gasteiger partial charge in [-0.15, -0.1) is 0 Å². The number of piperidine rings is 1. The van der Waals surface area contributed by atoms with Crippen molar-refractivity contribution in [1.29, 1.82) is 0 Å². The molecule has 186 valence electrons. The van der Waals surface area contributed by atoms with Gasteiger partial charge in [-0.2, -0.15) is 9.97 Å². The summed E-state index contributed by atoms with van der Waals surface area (Å²) in [6, 6.07) is 6.57. The Labute approximate surface area is 209 Å². The van der Waals surface area contributed by atoms with Crippen LogP contribution in [0.5, 0.6) is 5.88 Å². The SMILES string of the molecule is CC.Cc1cc(SN2CCC(C)CC2)ccc1Nc1nc2c(c(OC3CCCCC3)n1)NCN2. The van der Waals surface area contributed by atoms with E-state index < -0.39 is 0 Å². The van der Waals surface area contributed by atoms with E-state index in [4.69, 9.17) is 9.72 Å². The number of hydrogen-bond donors (Lipinski definition) is 3. The van der Waals surface area contributed by atoms with Crippen LogP contribution in [0.15, 0.2) is 23.1 Å². The Balaban J connectivity index is 0.00000133. The van der Waals surface area contributed by atoms with Crippen molar-refractivity contribution in [3.8, 4) is 5.88 Å². The lowest BCUT2D eigenvalue weighted by atomic mass is 9.98. The zero-order chi connectivity index (χ0) is 23.9. The van der Waals surface area contributed by atoms with Crippen LogP contribution in [0.3, 0.4) is 0 Å². The van der Waals surface area contributed by atoms with Gasteiger partial charge >= 0.3 is 0 Å². The molecule has 2 aliphatic heterocycles. The van der Waals surface area contributed by atoms with E-state index in [0.29, 0.717) is 18.5 Å². The normalized spacial score (nSPS) is 18.8. The quantitative estimate of drug-likeness (QED) is 0.387. The minimum atomic E-state index is 0.244. The van der Waals surface area contributed by atoms with Crippen molar-refractivity contribution in [3.63, 3.8) is 0 Å². The molecule has 0 atom stereocenters. The molecular formula is C26H40N6OS. The van der Waals surface area contributed by atoms with E-state index in [1.807, 2.05) is 25.8 Å². The number of aryl methyl sites for hydroxylation is 1. The lowest BCUT2D eigenvalue weighted by molar-refractivity contribution is 0.150. The Hall–Kier alpha value is -2.19. The third-order valence-electron chi connectivity index (χ3n) is 6.65. The third-order valence-corrected chi connectivity index (χ3v) is 7.74. The maximum Gasteiger partial charge on any atom is 0.244 e. The molecule has 1 aliphatic carbocycles. The van der Waals surface area contributed by atoms with Gasteiger partial charge in [0.2, 0.25) is 11.8 Å². The summed E-state index contributed by atoms with van der Waals surface area (Å²) in [5.41, 5.74) is 3.09. The summed E-state index contributed by atoms with van der Waals surface area (Å²) in [6.07, 6.45) is 8.79.